The SMILES string of the molecule is O=C(CCN1C(=O)[C@H]2CC=CC[C@@H]2C1=O)Oc1ccc(Cl)c(Cl)c1. The van der Waals surface area contributed by atoms with Gasteiger partial charge in [0.2, 0.25) is 11.8 Å². The van der Waals surface area contributed by atoms with Crippen molar-refractivity contribution in [2.45, 2.75) is 19.3 Å². The maximum atomic E-state index is 12.3. The van der Waals surface area contributed by atoms with Crippen LogP contribution in [0.4, 0.5) is 0 Å². The Kier molecular flexibility index (Phi) is 4.92. The molecule has 1 heterocycles. The highest BCUT2D eigenvalue weighted by Crippen LogP contribution is 2.35. The van der Waals surface area contributed by atoms with Crippen LogP contribution in [0.3, 0.4) is 0 Å². The lowest BCUT2D eigenvalue weighted by Crippen LogP contribution is -2.33. The van der Waals surface area contributed by atoms with Gasteiger partial charge in [0.25, 0.3) is 0 Å². The summed E-state index contributed by atoms with van der Waals surface area (Å²) >= 11 is 11.7. The molecule has 1 aromatic rings. The Balaban J connectivity index is 1.57. The number of rotatable bonds is 4. The van der Waals surface area contributed by atoms with E-state index in [0.717, 1.165) is 0 Å². The Morgan fingerprint density at radius 3 is 2.29 bits per heavy atom. The topological polar surface area (TPSA) is 63.7 Å². The van der Waals surface area contributed by atoms with Crippen LogP contribution in [0, 0.1) is 11.8 Å². The van der Waals surface area contributed by atoms with Crippen molar-refractivity contribution >= 4 is 41.0 Å². The number of hydrogen-bond acceptors (Lipinski definition) is 4. The predicted molar refractivity (Wildman–Crippen MR) is 88.8 cm³/mol. The van der Waals surface area contributed by atoms with Gasteiger partial charge in [0.15, 0.2) is 0 Å². The smallest absolute Gasteiger partial charge is 0.312 e. The number of hydrogen-bond donors (Lipinski definition) is 0. The van der Waals surface area contributed by atoms with E-state index in [2.05, 4.69) is 0 Å². The average molecular weight is 368 g/mol. The van der Waals surface area contributed by atoms with Crippen molar-refractivity contribution in [1.29, 1.82) is 0 Å². The summed E-state index contributed by atoms with van der Waals surface area (Å²) < 4.78 is 5.16. The first kappa shape index (κ1) is 17.0. The minimum absolute atomic E-state index is 0.0326. The highest BCUT2D eigenvalue weighted by Gasteiger charge is 2.46. The third-order valence-electron chi connectivity index (χ3n) is 4.26. The van der Waals surface area contributed by atoms with Gasteiger partial charge in [-0.05, 0) is 25.0 Å². The fourth-order valence-electron chi connectivity index (χ4n) is 3.02. The summed E-state index contributed by atoms with van der Waals surface area (Å²) in [5, 5.41) is 0.643. The Morgan fingerprint density at radius 2 is 1.71 bits per heavy atom. The molecule has 1 fully saturated rings. The molecule has 0 spiro atoms. The molecule has 3 rings (SSSR count). The zero-order valence-electron chi connectivity index (χ0n) is 12.7. The summed E-state index contributed by atoms with van der Waals surface area (Å²) in [6.45, 7) is 0.0326. The van der Waals surface area contributed by atoms with E-state index in [1.54, 1.807) is 0 Å². The van der Waals surface area contributed by atoms with Crippen molar-refractivity contribution in [3.8, 4) is 5.75 Å². The molecular weight excluding hydrogens is 353 g/mol. The summed E-state index contributed by atoms with van der Waals surface area (Å²) in [5.74, 6) is -1.23. The molecule has 1 aliphatic carbocycles. The second-order valence-corrected chi connectivity index (χ2v) is 6.60. The molecule has 0 aromatic heterocycles. The summed E-state index contributed by atoms with van der Waals surface area (Å²) in [7, 11) is 0. The molecule has 0 unspecified atom stereocenters. The van der Waals surface area contributed by atoms with Crippen molar-refractivity contribution in [2.75, 3.05) is 6.54 Å². The zero-order valence-corrected chi connectivity index (χ0v) is 14.2. The minimum atomic E-state index is -0.540. The second-order valence-electron chi connectivity index (χ2n) is 5.78. The van der Waals surface area contributed by atoms with Crippen molar-refractivity contribution in [2.24, 2.45) is 11.8 Å². The molecule has 7 heteroatoms. The monoisotopic (exact) mass is 367 g/mol. The highest BCUT2D eigenvalue weighted by molar-refractivity contribution is 6.42. The van der Waals surface area contributed by atoms with Crippen LogP contribution in [0.5, 0.6) is 5.75 Å². The van der Waals surface area contributed by atoms with E-state index >= 15 is 0 Å². The van der Waals surface area contributed by atoms with Crippen molar-refractivity contribution < 1.29 is 19.1 Å². The van der Waals surface area contributed by atoms with Gasteiger partial charge in [-0.2, -0.15) is 0 Å². The van der Waals surface area contributed by atoms with Gasteiger partial charge in [-0.1, -0.05) is 35.4 Å². The molecule has 0 N–H and O–H groups in total. The van der Waals surface area contributed by atoms with Gasteiger partial charge in [-0.3, -0.25) is 19.3 Å². The second kappa shape index (κ2) is 6.95. The number of nitrogens with zero attached hydrogens (tertiary/aromatic N) is 1. The summed E-state index contributed by atoms with van der Waals surface area (Å²) in [5.41, 5.74) is 0. The quantitative estimate of drug-likeness (QED) is 0.354. The summed E-state index contributed by atoms with van der Waals surface area (Å²) in [4.78, 5) is 37.7. The number of esters is 1. The number of allylic oxidation sites excluding steroid dienone is 2. The lowest BCUT2D eigenvalue weighted by molar-refractivity contribution is -0.141. The van der Waals surface area contributed by atoms with Gasteiger partial charge in [-0.15, -0.1) is 0 Å². The lowest BCUT2D eigenvalue weighted by atomic mass is 9.85. The molecule has 2 aliphatic rings. The van der Waals surface area contributed by atoms with Crippen LogP contribution in [0.2, 0.25) is 10.0 Å². The standard InChI is InChI=1S/C17H15Cl2NO4/c18-13-6-5-10(9-14(13)19)24-15(21)7-8-20-16(22)11-3-1-2-4-12(11)17(20)23/h1-2,5-6,9,11-12H,3-4,7-8H2/t11-,12-/m0/s1. The largest absolute Gasteiger partial charge is 0.426 e. The van der Waals surface area contributed by atoms with E-state index in [4.69, 9.17) is 27.9 Å². The molecule has 5 nitrogen and oxygen atoms in total. The summed E-state index contributed by atoms with van der Waals surface area (Å²) in [6.07, 6.45) is 4.95. The fraction of sp³-hybridized carbons (Fsp3) is 0.353. The van der Waals surface area contributed by atoms with Crippen molar-refractivity contribution in [3.63, 3.8) is 0 Å². The molecule has 0 saturated carbocycles. The molecule has 1 aliphatic heterocycles. The first-order valence-corrected chi connectivity index (χ1v) is 8.39. The van der Waals surface area contributed by atoms with Gasteiger partial charge < -0.3 is 4.74 Å². The van der Waals surface area contributed by atoms with Gasteiger partial charge in [0.05, 0.1) is 28.3 Å². The zero-order chi connectivity index (χ0) is 17.3. The van der Waals surface area contributed by atoms with Gasteiger partial charge in [-0.25, -0.2) is 0 Å². The molecule has 2 atom stereocenters. The number of imide groups is 1. The van der Waals surface area contributed by atoms with E-state index < -0.39 is 5.97 Å². The molecule has 0 radical (unpaired) electrons. The van der Waals surface area contributed by atoms with Crippen LogP contribution in [0.1, 0.15) is 19.3 Å². The molecule has 2 amide bonds. The van der Waals surface area contributed by atoms with Crippen molar-refractivity contribution in [1.82, 2.24) is 4.90 Å². The fourth-order valence-corrected chi connectivity index (χ4v) is 3.30. The van der Waals surface area contributed by atoms with Crippen LogP contribution < -0.4 is 4.74 Å². The molecular formula is C17H15Cl2NO4. The third-order valence-corrected chi connectivity index (χ3v) is 5.00. The van der Waals surface area contributed by atoms with Crippen LogP contribution in [0.25, 0.3) is 0 Å². The van der Waals surface area contributed by atoms with E-state index in [9.17, 15) is 14.4 Å². The number of halogens is 2. The van der Waals surface area contributed by atoms with E-state index in [1.165, 1.54) is 23.1 Å². The number of carbonyl (C=O) groups excluding carboxylic acids is 3. The van der Waals surface area contributed by atoms with E-state index in [0.29, 0.717) is 17.9 Å². The van der Waals surface area contributed by atoms with Crippen LogP contribution in [-0.4, -0.2) is 29.2 Å². The highest BCUT2D eigenvalue weighted by atomic mass is 35.5. The van der Waals surface area contributed by atoms with Gasteiger partial charge in [0, 0.05) is 12.6 Å². The van der Waals surface area contributed by atoms with Crippen molar-refractivity contribution in [3.05, 3.63) is 40.4 Å². The van der Waals surface area contributed by atoms with Crippen LogP contribution >= 0.6 is 23.2 Å². The normalized spacial score (nSPS) is 22.7. The Morgan fingerprint density at radius 1 is 1.08 bits per heavy atom. The van der Waals surface area contributed by atoms with Crippen LogP contribution in [0.15, 0.2) is 30.4 Å². The van der Waals surface area contributed by atoms with E-state index in [-0.39, 0.29) is 47.4 Å². The first-order valence-electron chi connectivity index (χ1n) is 7.63. The van der Waals surface area contributed by atoms with Gasteiger partial charge in [0.1, 0.15) is 5.75 Å². The minimum Gasteiger partial charge on any atom is -0.426 e. The molecule has 24 heavy (non-hydrogen) atoms. The number of likely N-dealkylation sites (tertiary alicyclic amines) is 1. The third kappa shape index (κ3) is 3.32. The Labute approximate surface area is 149 Å². The molecule has 1 aromatic carbocycles. The van der Waals surface area contributed by atoms with E-state index in [1.807, 2.05) is 12.2 Å². The number of benzene rings is 1. The predicted octanol–water partition coefficient (Wildman–Crippen LogP) is 3.24. The molecule has 126 valence electrons. The molecule has 0 bridgehead atoms. The molecule has 1 saturated heterocycles. The first-order chi connectivity index (χ1) is 11.5. The Hall–Kier alpha value is -1.85. The average Bonchev–Trinajstić information content (AvgIpc) is 2.81. The lowest BCUT2D eigenvalue weighted by Gasteiger charge is -2.14. The number of carbonyl (C=O) groups is 3. The number of amides is 2. The maximum Gasteiger partial charge on any atom is 0.312 e. The summed E-state index contributed by atoms with van der Waals surface area (Å²) in [6, 6.07) is 4.49. The van der Waals surface area contributed by atoms with Crippen LogP contribution in [-0.2, 0) is 14.4 Å². The maximum absolute atomic E-state index is 12.3. The number of fused-ring (bicyclic) bond motifs is 1. The Bertz CT molecular complexity index is 705. The number of ether oxygens (including phenoxy) is 1. The van der Waals surface area contributed by atoms with Gasteiger partial charge >= 0.3 is 5.97 Å².